The van der Waals surface area contributed by atoms with Crippen LogP contribution in [0.2, 0.25) is 0 Å². The van der Waals surface area contributed by atoms with Crippen molar-refractivity contribution in [2.75, 3.05) is 46.2 Å². The molecule has 2 aromatic rings. The molecule has 0 aromatic heterocycles. The summed E-state index contributed by atoms with van der Waals surface area (Å²) in [7, 11) is -4.18. The Kier molecular flexibility index (Phi) is 13.6. The smallest absolute Gasteiger partial charge is 0.408 e. The first kappa shape index (κ1) is 39.1. The highest BCUT2D eigenvalue weighted by atomic mass is 32.2. The van der Waals surface area contributed by atoms with Gasteiger partial charge in [-0.3, -0.25) is 0 Å². The number of aliphatic hydroxyl groups excluding tert-OH is 1. The Morgan fingerprint density at radius 1 is 1.08 bits per heavy atom. The predicted molar refractivity (Wildman–Crippen MR) is 189 cm³/mol. The number of alkyl carbamates (subject to hydrolysis) is 2. The molecule has 0 spiro atoms. The van der Waals surface area contributed by atoms with Gasteiger partial charge in [0.05, 0.1) is 36.2 Å². The van der Waals surface area contributed by atoms with Crippen LogP contribution in [0.1, 0.15) is 51.5 Å². The second kappa shape index (κ2) is 18.1. The fourth-order valence-corrected chi connectivity index (χ4v) is 8.26. The summed E-state index contributed by atoms with van der Waals surface area (Å²) in [5.41, 5.74) is 0.316. The van der Waals surface area contributed by atoms with Crippen molar-refractivity contribution in [2.45, 2.75) is 81.8 Å². The van der Waals surface area contributed by atoms with Crippen molar-refractivity contribution in [1.29, 1.82) is 0 Å². The second-order valence-corrected chi connectivity index (χ2v) is 15.9. The summed E-state index contributed by atoms with van der Waals surface area (Å²) in [4.78, 5) is 24.9. The van der Waals surface area contributed by atoms with Crippen molar-refractivity contribution in [1.82, 2.24) is 14.9 Å². The lowest BCUT2D eigenvalue weighted by Crippen LogP contribution is -2.52. The molecule has 0 radical (unpaired) electrons. The normalized spacial score (nSPS) is 20.5. The molecule has 3 aliphatic rings. The number of ether oxygens (including phenoxy) is 6. The molecule has 15 heteroatoms. The van der Waals surface area contributed by atoms with Gasteiger partial charge < -0.3 is 44.2 Å². The summed E-state index contributed by atoms with van der Waals surface area (Å²) in [5, 5.41) is 17.3. The number of terminal acetylenes is 1. The van der Waals surface area contributed by atoms with E-state index in [9.17, 15) is 23.1 Å². The Hall–Kier alpha value is -4.07. The van der Waals surface area contributed by atoms with Crippen LogP contribution in [-0.2, 0) is 35.4 Å². The molecule has 0 saturated carbocycles. The third-order valence-electron chi connectivity index (χ3n) is 9.37. The van der Waals surface area contributed by atoms with Crippen LogP contribution in [0.3, 0.4) is 0 Å². The van der Waals surface area contributed by atoms with Crippen molar-refractivity contribution in [3.8, 4) is 23.8 Å². The van der Waals surface area contributed by atoms with Crippen molar-refractivity contribution in [2.24, 2.45) is 11.3 Å². The number of fused-ring (bicyclic) bond motifs is 2. The van der Waals surface area contributed by atoms with Crippen molar-refractivity contribution < 1.29 is 51.5 Å². The van der Waals surface area contributed by atoms with E-state index < -0.39 is 52.2 Å². The molecular weight excluding hydrogens is 694 g/mol. The van der Waals surface area contributed by atoms with Crippen LogP contribution < -0.4 is 20.1 Å². The number of carbonyl (C=O) groups is 2. The minimum absolute atomic E-state index is 0.0101. The number of sulfonamides is 1. The fourth-order valence-electron chi connectivity index (χ4n) is 6.60. The summed E-state index contributed by atoms with van der Waals surface area (Å²) in [6.07, 6.45) is 5.41. The molecule has 2 aromatic carbocycles. The first-order valence-electron chi connectivity index (χ1n) is 17.6. The van der Waals surface area contributed by atoms with Crippen LogP contribution >= 0.6 is 0 Å². The Balaban J connectivity index is 1.29. The molecule has 5 rings (SSSR count). The first-order chi connectivity index (χ1) is 24.9. The van der Waals surface area contributed by atoms with Gasteiger partial charge in [-0.15, -0.1) is 6.42 Å². The number of rotatable bonds is 18. The minimum atomic E-state index is -4.18. The molecule has 2 amide bonds. The standard InChI is InChI=1S/C37H49N3O11S/c1-4-18-47-35(42)38-17-10-6-9-16-37(2,3)24-40(52(44,45)27-13-14-31-32(21-27)50-25-49-31)22-30(41)29(20-26-11-7-5-8-12-26)39-36(43)51-33-23-48-34-28(33)15-19-46-34/h1,5,7-8,11-14,21,28-30,33-34,41H,6,9-10,15-20,22-25H2,2-3H3,(H,38,42)(H,39,43)/t28-,29-,30+,33-,34+/m0/s1. The van der Waals surface area contributed by atoms with Gasteiger partial charge in [0.25, 0.3) is 0 Å². The van der Waals surface area contributed by atoms with E-state index in [-0.39, 0.29) is 50.3 Å². The molecule has 52 heavy (non-hydrogen) atoms. The third-order valence-corrected chi connectivity index (χ3v) is 11.2. The van der Waals surface area contributed by atoms with Gasteiger partial charge in [-0.05, 0) is 48.8 Å². The molecule has 5 atom stereocenters. The summed E-state index contributed by atoms with van der Waals surface area (Å²) >= 11 is 0. The van der Waals surface area contributed by atoms with Gasteiger partial charge in [0.2, 0.25) is 16.8 Å². The second-order valence-electron chi connectivity index (χ2n) is 14.0. The molecule has 3 N–H and O–H groups in total. The zero-order chi connectivity index (χ0) is 37.1. The molecule has 14 nitrogen and oxygen atoms in total. The number of aliphatic hydroxyl groups is 1. The summed E-state index contributed by atoms with van der Waals surface area (Å²) in [6.45, 7) is 4.74. The molecule has 2 saturated heterocycles. The highest BCUT2D eigenvalue weighted by molar-refractivity contribution is 7.89. The van der Waals surface area contributed by atoms with E-state index in [4.69, 9.17) is 34.8 Å². The lowest BCUT2D eigenvalue weighted by Gasteiger charge is -2.35. The zero-order valence-corrected chi connectivity index (χ0v) is 30.5. The number of unbranched alkanes of at least 4 members (excludes halogenated alkanes) is 2. The van der Waals surface area contributed by atoms with Gasteiger partial charge in [0, 0.05) is 25.7 Å². The lowest BCUT2D eigenvalue weighted by molar-refractivity contribution is -0.0907. The molecule has 2 fully saturated rings. The van der Waals surface area contributed by atoms with E-state index in [0.29, 0.717) is 43.9 Å². The molecule has 3 aliphatic heterocycles. The summed E-state index contributed by atoms with van der Waals surface area (Å²) in [6, 6.07) is 12.9. The van der Waals surface area contributed by atoms with E-state index >= 15 is 0 Å². The maximum atomic E-state index is 14.4. The number of carbonyl (C=O) groups excluding carboxylic acids is 2. The molecule has 0 unspecified atom stereocenters. The third kappa shape index (κ3) is 10.7. The van der Waals surface area contributed by atoms with Crippen molar-refractivity contribution in [3.05, 3.63) is 54.1 Å². The van der Waals surface area contributed by atoms with E-state index in [1.54, 1.807) is 6.07 Å². The van der Waals surface area contributed by atoms with Gasteiger partial charge in [-0.25, -0.2) is 18.0 Å². The molecular formula is C37H49N3O11S. The van der Waals surface area contributed by atoms with Crippen LogP contribution in [0, 0.1) is 23.7 Å². The maximum Gasteiger partial charge on any atom is 0.408 e. The van der Waals surface area contributed by atoms with E-state index in [1.165, 1.54) is 16.4 Å². The molecule has 3 heterocycles. The van der Waals surface area contributed by atoms with Gasteiger partial charge in [0.1, 0.15) is 6.10 Å². The van der Waals surface area contributed by atoms with Crippen molar-refractivity contribution in [3.63, 3.8) is 0 Å². The highest BCUT2D eigenvalue weighted by Crippen LogP contribution is 2.36. The Morgan fingerprint density at radius 2 is 1.87 bits per heavy atom. The number of amides is 2. The SMILES string of the molecule is C#CCOC(=O)NCCCCCC(C)(C)CN(C[C@@H](O)[C@H](Cc1ccccc1)NC(=O)O[C@H]1CO[C@H]2OCC[C@H]21)S(=O)(=O)c1ccc2c(c1)OCO2. The predicted octanol–water partition coefficient (Wildman–Crippen LogP) is 3.81. The molecule has 0 aliphatic carbocycles. The number of hydrogen-bond donors (Lipinski definition) is 3. The molecule has 0 bridgehead atoms. The van der Waals surface area contributed by atoms with Gasteiger partial charge in [-0.2, -0.15) is 4.31 Å². The van der Waals surface area contributed by atoms with Crippen LogP contribution in [0.5, 0.6) is 11.5 Å². The Labute approximate surface area is 305 Å². The maximum absolute atomic E-state index is 14.4. The number of nitrogens with zero attached hydrogens (tertiary/aromatic N) is 1. The monoisotopic (exact) mass is 743 g/mol. The minimum Gasteiger partial charge on any atom is -0.454 e. The first-order valence-corrected chi connectivity index (χ1v) is 19.1. The highest BCUT2D eigenvalue weighted by Gasteiger charge is 2.44. The number of benzene rings is 2. The largest absolute Gasteiger partial charge is 0.454 e. The number of hydrogen-bond acceptors (Lipinski definition) is 11. The van der Waals surface area contributed by atoms with E-state index in [0.717, 1.165) is 18.4 Å². The fraction of sp³-hybridized carbons (Fsp3) is 0.568. The zero-order valence-electron chi connectivity index (χ0n) is 29.7. The average Bonchev–Trinajstić information content (AvgIpc) is 3.87. The van der Waals surface area contributed by atoms with Crippen LogP contribution in [0.4, 0.5) is 9.59 Å². The van der Waals surface area contributed by atoms with Gasteiger partial charge >= 0.3 is 12.2 Å². The van der Waals surface area contributed by atoms with E-state index in [1.807, 2.05) is 44.2 Å². The van der Waals surface area contributed by atoms with Gasteiger partial charge in [-0.1, -0.05) is 62.9 Å². The average molecular weight is 744 g/mol. The summed E-state index contributed by atoms with van der Waals surface area (Å²) in [5.74, 6) is 2.93. The van der Waals surface area contributed by atoms with Crippen molar-refractivity contribution >= 4 is 22.2 Å². The van der Waals surface area contributed by atoms with Gasteiger partial charge in [0.15, 0.2) is 24.4 Å². The quantitative estimate of drug-likeness (QED) is 0.150. The van der Waals surface area contributed by atoms with Crippen LogP contribution in [-0.4, -0.2) is 101 Å². The van der Waals surface area contributed by atoms with Crippen LogP contribution in [0.25, 0.3) is 0 Å². The van der Waals surface area contributed by atoms with E-state index in [2.05, 4.69) is 16.6 Å². The Morgan fingerprint density at radius 3 is 2.65 bits per heavy atom. The topological polar surface area (TPSA) is 171 Å². The Bertz CT molecular complexity index is 1650. The van der Waals surface area contributed by atoms with Crippen LogP contribution in [0.15, 0.2) is 53.4 Å². The summed E-state index contributed by atoms with van der Waals surface area (Å²) < 4.78 is 62.6. The molecule has 284 valence electrons. The number of nitrogens with one attached hydrogen (secondary N) is 2. The lowest BCUT2D eigenvalue weighted by atomic mass is 9.86.